The number of hydrogen-bond acceptors (Lipinski definition) is 0. The fourth-order valence-electron chi connectivity index (χ4n) is 4.19. The Morgan fingerprint density at radius 1 is 0.424 bits per heavy atom. The van der Waals surface area contributed by atoms with Gasteiger partial charge in [0.2, 0.25) is 0 Å². The summed E-state index contributed by atoms with van der Waals surface area (Å²) in [6.45, 7) is 0. The van der Waals surface area contributed by atoms with Crippen molar-refractivity contribution < 1.29 is 4.20 Å². The first-order valence-corrected chi connectivity index (χ1v) is 14.0. The summed E-state index contributed by atoms with van der Waals surface area (Å²) in [5.74, 6) is 0. The highest BCUT2D eigenvalue weighted by atomic mass is 31.2. The van der Waals surface area contributed by atoms with Crippen molar-refractivity contribution in [3.05, 3.63) is 146 Å². The Morgan fingerprint density at radius 3 is 1.24 bits per heavy atom. The molecule has 0 unspecified atom stereocenters. The number of halogens is 1. The average Bonchev–Trinajstić information content (AvgIpc) is 2.91. The van der Waals surface area contributed by atoms with E-state index in [-0.39, 0.29) is 0 Å². The molecule has 0 N–H and O–H groups in total. The zero-order chi connectivity index (χ0) is 22.5. The molecular formula is C30H24FP2+. The third-order valence-corrected chi connectivity index (χ3v) is 11.5. The van der Waals surface area contributed by atoms with Crippen molar-refractivity contribution in [2.24, 2.45) is 0 Å². The Bertz CT molecular complexity index is 1230. The normalized spacial score (nSPS) is 11.5. The SMILES string of the molecule is F[P+](c1ccccc1)(c1ccccc1)c1ccccc1P(c1ccccc1)c1ccccc1. The molecule has 0 spiro atoms. The summed E-state index contributed by atoms with van der Waals surface area (Å²) in [6.07, 6.45) is 0. The molecule has 3 heteroatoms. The monoisotopic (exact) mass is 465 g/mol. The minimum Gasteiger partial charge on any atom is -0.0622 e. The highest BCUT2D eigenvalue weighted by Crippen LogP contribution is 2.57. The highest BCUT2D eigenvalue weighted by Gasteiger charge is 2.50. The molecule has 0 heterocycles. The maximum atomic E-state index is 17.8. The van der Waals surface area contributed by atoms with Crippen molar-refractivity contribution in [1.82, 2.24) is 0 Å². The van der Waals surface area contributed by atoms with Crippen LogP contribution in [0.2, 0.25) is 0 Å². The maximum Gasteiger partial charge on any atom is 0.299 e. The summed E-state index contributed by atoms with van der Waals surface area (Å²) in [6, 6.07) is 48.6. The average molecular weight is 465 g/mol. The number of hydrogen-bond donors (Lipinski definition) is 0. The largest absolute Gasteiger partial charge is 0.299 e. The highest BCUT2D eigenvalue weighted by molar-refractivity contribution is 7.93. The van der Waals surface area contributed by atoms with Crippen molar-refractivity contribution in [2.75, 3.05) is 0 Å². The zero-order valence-corrected chi connectivity index (χ0v) is 19.9. The first-order chi connectivity index (χ1) is 16.3. The van der Waals surface area contributed by atoms with Crippen molar-refractivity contribution >= 4 is 47.3 Å². The van der Waals surface area contributed by atoms with Gasteiger partial charge in [0.05, 0.1) is 0 Å². The minimum atomic E-state index is -3.34. The fourth-order valence-corrected chi connectivity index (χ4v) is 9.94. The molecule has 0 saturated carbocycles. The lowest BCUT2D eigenvalue weighted by Gasteiger charge is -2.25. The predicted molar refractivity (Wildman–Crippen MR) is 145 cm³/mol. The molecule has 0 aliphatic heterocycles. The van der Waals surface area contributed by atoms with Gasteiger partial charge in [0.25, 0.3) is 7.57 Å². The lowest BCUT2D eigenvalue weighted by atomic mass is 10.3. The summed E-state index contributed by atoms with van der Waals surface area (Å²) in [4.78, 5) is 0. The van der Waals surface area contributed by atoms with Crippen LogP contribution in [0, 0.1) is 0 Å². The van der Waals surface area contributed by atoms with E-state index in [2.05, 4.69) is 54.6 Å². The molecule has 0 amide bonds. The molecule has 0 nitrogen and oxygen atoms in total. The van der Waals surface area contributed by atoms with Gasteiger partial charge in [0, 0.05) is 5.30 Å². The van der Waals surface area contributed by atoms with Crippen LogP contribution in [0.1, 0.15) is 0 Å². The quantitative estimate of drug-likeness (QED) is 0.286. The van der Waals surface area contributed by atoms with Crippen LogP contribution in [0.15, 0.2) is 146 Å². The van der Waals surface area contributed by atoms with Crippen LogP contribution >= 0.6 is 15.5 Å². The molecular weight excluding hydrogens is 441 g/mol. The van der Waals surface area contributed by atoms with Crippen molar-refractivity contribution in [1.29, 1.82) is 0 Å². The van der Waals surface area contributed by atoms with E-state index in [1.165, 1.54) is 10.6 Å². The van der Waals surface area contributed by atoms with Gasteiger partial charge in [0.15, 0.2) is 0 Å². The first kappa shape index (κ1) is 21.7. The van der Waals surface area contributed by atoms with Gasteiger partial charge < -0.3 is 0 Å². The van der Waals surface area contributed by atoms with Gasteiger partial charge in [-0.2, -0.15) is 0 Å². The van der Waals surface area contributed by atoms with Gasteiger partial charge in [-0.15, -0.1) is 0 Å². The predicted octanol–water partition coefficient (Wildman–Crippen LogP) is 5.62. The van der Waals surface area contributed by atoms with Crippen LogP contribution in [0.25, 0.3) is 0 Å². The number of rotatable bonds is 6. The molecule has 0 fully saturated rings. The lowest BCUT2D eigenvalue weighted by Crippen LogP contribution is -2.38. The first-order valence-electron chi connectivity index (χ1n) is 11.0. The van der Waals surface area contributed by atoms with Gasteiger partial charge in [-0.1, -0.05) is 109 Å². The van der Waals surface area contributed by atoms with E-state index in [0.29, 0.717) is 0 Å². The molecule has 33 heavy (non-hydrogen) atoms. The third-order valence-electron chi connectivity index (χ3n) is 5.71. The van der Waals surface area contributed by atoms with Crippen LogP contribution in [0.3, 0.4) is 0 Å². The maximum absolute atomic E-state index is 17.8. The molecule has 0 saturated heterocycles. The molecule has 0 aliphatic rings. The second kappa shape index (κ2) is 9.80. The molecule has 0 atom stereocenters. The van der Waals surface area contributed by atoms with Gasteiger partial charge in [-0.3, -0.25) is 0 Å². The van der Waals surface area contributed by atoms with E-state index in [1.807, 2.05) is 91.0 Å². The van der Waals surface area contributed by atoms with E-state index < -0.39 is 15.5 Å². The standard InChI is InChI=1S/C30H24FP2/c31-33(27-19-9-3-10-20-27,28-21-11-4-12-22-28)30-24-14-13-23-29(30)32(25-15-5-1-6-16-25)26-17-7-2-8-18-26/h1-24H/q+1. The molecule has 0 aliphatic carbocycles. The van der Waals surface area contributed by atoms with Gasteiger partial charge in [-0.05, 0) is 59.1 Å². The summed E-state index contributed by atoms with van der Waals surface area (Å²) in [5.41, 5.74) is 0. The lowest BCUT2D eigenvalue weighted by molar-refractivity contribution is 0.901. The van der Waals surface area contributed by atoms with Gasteiger partial charge >= 0.3 is 0 Å². The zero-order valence-electron chi connectivity index (χ0n) is 18.1. The molecule has 5 aromatic rings. The second-order valence-electron chi connectivity index (χ2n) is 7.76. The third kappa shape index (κ3) is 4.28. The van der Waals surface area contributed by atoms with Crippen LogP contribution < -0.4 is 31.8 Å². The minimum absolute atomic E-state index is 0.750. The fraction of sp³-hybridized carbons (Fsp3) is 0. The van der Waals surface area contributed by atoms with E-state index in [4.69, 9.17) is 0 Å². The molecule has 0 radical (unpaired) electrons. The smallest absolute Gasteiger partial charge is 0.0622 e. The second-order valence-corrected chi connectivity index (χ2v) is 12.6. The Kier molecular flexibility index (Phi) is 6.45. The topological polar surface area (TPSA) is 0 Å². The van der Waals surface area contributed by atoms with Crippen molar-refractivity contribution in [3.8, 4) is 0 Å². The van der Waals surface area contributed by atoms with Crippen LogP contribution in [-0.2, 0) is 0 Å². The van der Waals surface area contributed by atoms with Crippen molar-refractivity contribution in [2.45, 2.75) is 0 Å². The molecule has 160 valence electrons. The van der Waals surface area contributed by atoms with E-state index in [9.17, 15) is 0 Å². The Labute approximate surface area is 197 Å². The molecule has 0 aromatic heterocycles. The van der Waals surface area contributed by atoms with Crippen LogP contribution in [0.4, 0.5) is 4.20 Å². The molecule has 5 rings (SSSR count). The van der Waals surface area contributed by atoms with Gasteiger partial charge in [-0.25, -0.2) is 0 Å². The van der Waals surface area contributed by atoms with Crippen LogP contribution in [-0.4, -0.2) is 0 Å². The summed E-state index contributed by atoms with van der Waals surface area (Å²) >= 11 is 0. The van der Waals surface area contributed by atoms with E-state index in [0.717, 1.165) is 21.2 Å². The van der Waals surface area contributed by atoms with E-state index in [1.54, 1.807) is 0 Å². The molecule has 5 aromatic carbocycles. The van der Waals surface area contributed by atoms with Crippen molar-refractivity contribution in [3.63, 3.8) is 0 Å². The Morgan fingerprint density at radius 2 is 0.788 bits per heavy atom. The van der Waals surface area contributed by atoms with Gasteiger partial charge in [0.1, 0.15) is 15.9 Å². The number of benzene rings is 5. The summed E-state index contributed by atoms with van der Waals surface area (Å²) < 4.78 is 17.8. The summed E-state index contributed by atoms with van der Waals surface area (Å²) in [7, 11) is -4.27. The Hall–Kier alpha value is -3.11. The van der Waals surface area contributed by atoms with Crippen LogP contribution in [0.5, 0.6) is 0 Å². The van der Waals surface area contributed by atoms with E-state index >= 15 is 4.20 Å². The Balaban J connectivity index is 1.80. The molecule has 0 bridgehead atoms. The summed E-state index contributed by atoms with van der Waals surface area (Å²) in [5, 5.41) is 5.83.